The molecule has 0 aliphatic carbocycles. The molecule has 0 spiro atoms. The summed E-state index contributed by atoms with van der Waals surface area (Å²) in [6.07, 6.45) is 9.07. The zero-order chi connectivity index (χ0) is 25.6. The largest absolute Gasteiger partial charge is 0.383 e. The summed E-state index contributed by atoms with van der Waals surface area (Å²) in [4.78, 5) is 31.6. The molecule has 1 aliphatic rings. The van der Waals surface area contributed by atoms with Gasteiger partial charge in [0.05, 0.1) is 5.56 Å². The Bertz CT molecular complexity index is 1540. The third-order valence-corrected chi connectivity index (χ3v) is 6.82. The van der Waals surface area contributed by atoms with Gasteiger partial charge in [0.15, 0.2) is 17.3 Å². The molecule has 1 aromatic carbocycles. The SMILES string of the molecule is C=C/C(=C\C)C(C)Nc1nc(-c2nc(N)c3c(n2)NC(=O)C3(C)c2ccc(Cl)cc2)cn2ccnc12. The van der Waals surface area contributed by atoms with Crippen molar-refractivity contribution < 1.29 is 4.79 Å². The van der Waals surface area contributed by atoms with E-state index in [1.54, 1.807) is 49.7 Å². The summed E-state index contributed by atoms with van der Waals surface area (Å²) in [5.41, 5.74) is 8.81. The third kappa shape index (κ3) is 3.68. The van der Waals surface area contributed by atoms with E-state index in [2.05, 4.69) is 32.2 Å². The molecular formula is C26H25ClN8O. The van der Waals surface area contributed by atoms with Crippen molar-refractivity contribution in [2.24, 2.45) is 0 Å². The Morgan fingerprint density at radius 3 is 2.72 bits per heavy atom. The molecule has 4 N–H and O–H groups in total. The Kier molecular flexibility index (Phi) is 5.72. The van der Waals surface area contributed by atoms with Gasteiger partial charge < -0.3 is 20.8 Å². The highest BCUT2D eigenvalue weighted by Gasteiger charge is 2.47. The van der Waals surface area contributed by atoms with E-state index >= 15 is 0 Å². The molecule has 0 saturated heterocycles. The lowest BCUT2D eigenvalue weighted by Gasteiger charge is -2.23. The zero-order valence-corrected chi connectivity index (χ0v) is 20.8. The minimum absolute atomic E-state index is 0.0545. The Morgan fingerprint density at radius 2 is 2.03 bits per heavy atom. The number of nitrogens with two attached hydrogens (primary N) is 1. The molecule has 182 valence electrons. The second kappa shape index (κ2) is 8.76. The van der Waals surface area contributed by atoms with E-state index in [1.165, 1.54) is 0 Å². The quantitative estimate of drug-likeness (QED) is 0.330. The second-order valence-electron chi connectivity index (χ2n) is 8.73. The number of nitrogens with zero attached hydrogens (tertiary/aromatic N) is 5. The number of allylic oxidation sites excluding steroid dienone is 1. The van der Waals surface area contributed by atoms with Crippen LogP contribution in [0.1, 0.15) is 31.9 Å². The van der Waals surface area contributed by atoms with E-state index in [0.29, 0.717) is 33.6 Å². The zero-order valence-electron chi connectivity index (χ0n) is 20.1. The summed E-state index contributed by atoms with van der Waals surface area (Å²) < 4.78 is 1.84. The number of nitrogen functional groups attached to an aromatic ring is 1. The topological polar surface area (TPSA) is 123 Å². The maximum Gasteiger partial charge on any atom is 0.240 e. The molecule has 4 heterocycles. The van der Waals surface area contributed by atoms with Gasteiger partial charge >= 0.3 is 0 Å². The number of carbonyl (C=O) groups is 1. The average molecular weight is 501 g/mol. The first-order chi connectivity index (χ1) is 17.3. The molecule has 0 radical (unpaired) electrons. The third-order valence-electron chi connectivity index (χ3n) is 6.57. The van der Waals surface area contributed by atoms with Crippen LogP contribution in [0, 0.1) is 0 Å². The maximum absolute atomic E-state index is 13.2. The van der Waals surface area contributed by atoms with Crippen LogP contribution in [0.4, 0.5) is 17.5 Å². The number of carbonyl (C=O) groups excluding carboxylic acids is 1. The molecule has 2 atom stereocenters. The number of imidazole rings is 1. The molecular weight excluding hydrogens is 476 g/mol. The van der Waals surface area contributed by atoms with Crippen molar-refractivity contribution in [3.8, 4) is 11.5 Å². The summed E-state index contributed by atoms with van der Waals surface area (Å²) >= 11 is 6.06. The second-order valence-corrected chi connectivity index (χ2v) is 9.17. The van der Waals surface area contributed by atoms with Crippen molar-refractivity contribution in [1.29, 1.82) is 0 Å². The number of anilines is 3. The monoisotopic (exact) mass is 500 g/mol. The molecule has 5 rings (SSSR count). The Hall–Kier alpha value is -4.24. The molecule has 2 unspecified atom stereocenters. The number of aromatic nitrogens is 5. The predicted molar refractivity (Wildman–Crippen MR) is 142 cm³/mol. The van der Waals surface area contributed by atoms with E-state index < -0.39 is 5.41 Å². The first kappa shape index (κ1) is 23.5. The minimum Gasteiger partial charge on any atom is -0.383 e. The molecule has 4 aromatic rings. The molecule has 0 bridgehead atoms. The molecule has 10 heteroatoms. The van der Waals surface area contributed by atoms with Gasteiger partial charge in [0, 0.05) is 29.7 Å². The van der Waals surface area contributed by atoms with Gasteiger partial charge in [-0.1, -0.05) is 42.5 Å². The van der Waals surface area contributed by atoms with E-state index in [0.717, 1.165) is 11.1 Å². The van der Waals surface area contributed by atoms with Crippen LogP contribution in [-0.4, -0.2) is 36.3 Å². The summed E-state index contributed by atoms with van der Waals surface area (Å²) in [6.45, 7) is 9.65. The van der Waals surface area contributed by atoms with Gasteiger partial charge in [0.2, 0.25) is 5.91 Å². The average Bonchev–Trinajstić information content (AvgIpc) is 3.43. The summed E-state index contributed by atoms with van der Waals surface area (Å²) in [7, 11) is 0. The van der Waals surface area contributed by atoms with Gasteiger partial charge in [0.25, 0.3) is 0 Å². The fourth-order valence-corrected chi connectivity index (χ4v) is 4.68. The van der Waals surface area contributed by atoms with Crippen LogP contribution in [-0.2, 0) is 10.2 Å². The van der Waals surface area contributed by atoms with Gasteiger partial charge in [0.1, 0.15) is 22.7 Å². The van der Waals surface area contributed by atoms with Crippen LogP contribution in [0.3, 0.4) is 0 Å². The Morgan fingerprint density at radius 1 is 1.28 bits per heavy atom. The number of amides is 1. The molecule has 36 heavy (non-hydrogen) atoms. The normalized spacial score (nSPS) is 18.1. The van der Waals surface area contributed by atoms with Crippen molar-refractivity contribution in [2.75, 3.05) is 16.4 Å². The molecule has 1 aliphatic heterocycles. The lowest BCUT2D eigenvalue weighted by molar-refractivity contribution is -0.119. The van der Waals surface area contributed by atoms with E-state index in [-0.39, 0.29) is 23.6 Å². The van der Waals surface area contributed by atoms with E-state index in [1.807, 2.05) is 30.5 Å². The number of nitrogens with one attached hydrogen (secondary N) is 2. The molecule has 3 aromatic heterocycles. The number of hydrogen-bond donors (Lipinski definition) is 3. The van der Waals surface area contributed by atoms with Crippen LogP contribution in [0.25, 0.3) is 17.2 Å². The Labute approximate surface area is 213 Å². The molecule has 0 fully saturated rings. The van der Waals surface area contributed by atoms with Crippen molar-refractivity contribution in [2.45, 2.75) is 32.2 Å². The number of fused-ring (bicyclic) bond motifs is 2. The summed E-state index contributed by atoms with van der Waals surface area (Å²) in [5, 5.41) is 6.85. The maximum atomic E-state index is 13.2. The number of benzene rings is 1. The van der Waals surface area contributed by atoms with Gasteiger partial charge in [-0.3, -0.25) is 4.79 Å². The molecule has 9 nitrogen and oxygen atoms in total. The standard InChI is InChI=1S/C26H25ClN8O/c1-5-15(6-2)14(3)30-23-24-29-11-12-35(24)13-18(31-23)21-32-20(28)19-22(33-21)34-25(36)26(19,4)16-7-9-17(27)10-8-16/h5-14H,1H2,2-4H3,(H,30,31)(H3,28,32,33,34,36)/b15-6+. The number of halogens is 1. The van der Waals surface area contributed by atoms with Crippen LogP contribution in [0.2, 0.25) is 5.02 Å². The van der Waals surface area contributed by atoms with Gasteiger partial charge in [-0.05, 0) is 44.0 Å². The number of hydrogen-bond acceptors (Lipinski definition) is 7. The van der Waals surface area contributed by atoms with Crippen LogP contribution in [0.5, 0.6) is 0 Å². The fourth-order valence-electron chi connectivity index (χ4n) is 4.55. The van der Waals surface area contributed by atoms with Crippen molar-refractivity contribution in [1.82, 2.24) is 24.3 Å². The molecule has 1 amide bonds. The first-order valence-corrected chi connectivity index (χ1v) is 11.8. The summed E-state index contributed by atoms with van der Waals surface area (Å²) in [5.74, 6) is 1.16. The highest BCUT2D eigenvalue weighted by molar-refractivity contribution is 6.30. The lowest BCUT2D eigenvalue weighted by Crippen LogP contribution is -2.32. The van der Waals surface area contributed by atoms with Crippen LogP contribution >= 0.6 is 11.6 Å². The van der Waals surface area contributed by atoms with Crippen LogP contribution in [0.15, 0.2) is 67.2 Å². The smallest absolute Gasteiger partial charge is 0.240 e. The lowest BCUT2D eigenvalue weighted by atomic mass is 9.78. The predicted octanol–water partition coefficient (Wildman–Crippen LogP) is 4.61. The fraction of sp³-hybridized carbons (Fsp3) is 0.192. The van der Waals surface area contributed by atoms with Gasteiger partial charge in [-0.25, -0.2) is 19.9 Å². The van der Waals surface area contributed by atoms with Crippen LogP contribution < -0.4 is 16.4 Å². The highest BCUT2D eigenvalue weighted by atomic mass is 35.5. The first-order valence-electron chi connectivity index (χ1n) is 11.4. The van der Waals surface area contributed by atoms with Crippen molar-refractivity contribution in [3.63, 3.8) is 0 Å². The van der Waals surface area contributed by atoms with Crippen molar-refractivity contribution >= 4 is 40.6 Å². The van der Waals surface area contributed by atoms with Crippen molar-refractivity contribution in [3.05, 3.63) is 83.3 Å². The Balaban J connectivity index is 1.60. The summed E-state index contributed by atoms with van der Waals surface area (Å²) in [6, 6.07) is 7.04. The van der Waals surface area contributed by atoms with E-state index in [9.17, 15) is 4.79 Å². The minimum atomic E-state index is -1.06. The van der Waals surface area contributed by atoms with Gasteiger partial charge in [-0.15, -0.1) is 0 Å². The van der Waals surface area contributed by atoms with E-state index in [4.69, 9.17) is 22.3 Å². The van der Waals surface area contributed by atoms with Gasteiger partial charge in [-0.2, -0.15) is 0 Å². The number of rotatable bonds is 6. The highest BCUT2D eigenvalue weighted by Crippen LogP contribution is 2.45. The molecule has 0 saturated carbocycles.